The Morgan fingerprint density at radius 3 is 2.16 bits per heavy atom. The van der Waals surface area contributed by atoms with Crippen LogP contribution < -0.4 is 0 Å². The number of rotatable bonds is 3. The van der Waals surface area contributed by atoms with Crippen LogP contribution in [0.2, 0.25) is 0 Å². The Morgan fingerprint density at radius 1 is 0.871 bits per heavy atom. The number of pyridine rings is 1. The van der Waals surface area contributed by atoms with Gasteiger partial charge in [-0.05, 0) is 63.3 Å². The fourth-order valence-electron chi connectivity index (χ4n) is 4.53. The summed E-state index contributed by atoms with van der Waals surface area (Å²) in [5.74, 6) is -1.89. The van der Waals surface area contributed by atoms with E-state index in [2.05, 4.69) is 0 Å². The normalized spacial score (nSPS) is 17.6. The molecule has 31 heavy (non-hydrogen) atoms. The molecule has 2 saturated heterocycles. The minimum Gasteiger partial charge on any atom is -0.339 e. The van der Waals surface area contributed by atoms with Crippen LogP contribution >= 0.6 is 0 Å². The molecule has 2 aliphatic rings. The molecule has 1 aromatic carbocycles. The smallest absolute Gasteiger partial charge is 0.256 e. The fourth-order valence-corrected chi connectivity index (χ4v) is 4.53. The van der Waals surface area contributed by atoms with Gasteiger partial charge in [-0.3, -0.25) is 14.6 Å². The van der Waals surface area contributed by atoms with Crippen molar-refractivity contribution in [2.75, 3.05) is 26.2 Å². The molecule has 164 valence electrons. The lowest BCUT2D eigenvalue weighted by Crippen LogP contribution is -2.39. The van der Waals surface area contributed by atoms with Gasteiger partial charge in [0.25, 0.3) is 11.8 Å². The molecule has 2 aliphatic heterocycles. The molecule has 0 unspecified atom stereocenters. The van der Waals surface area contributed by atoms with Gasteiger partial charge in [0, 0.05) is 43.9 Å². The van der Waals surface area contributed by atoms with Crippen LogP contribution in [-0.4, -0.2) is 52.8 Å². The number of halogens is 2. The molecule has 7 heteroatoms. The maximum absolute atomic E-state index is 14.0. The highest BCUT2D eigenvalue weighted by atomic mass is 19.1. The van der Waals surface area contributed by atoms with E-state index >= 15 is 0 Å². The topological polar surface area (TPSA) is 53.5 Å². The lowest BCUT2D eigenvalue weighted by Gasteiger charge is -2.33. The van der Waals surface area contributed by atoms with Gasteiger partial charge in [-0.25, -0.2) is 8.78 Å². The van der Waals surface area contributed by atoms with Crippen molar-refractivity contribution in [3.63, 3.8) is 0 Å². The summed E-state index contributed by atoms with van der Waals surface area (Å²) in [6.45, 7) is 4.35. The number of aromatic nitrogens is 1. The number of likely N-dealkylation sites (tertiary alicyclic amines) is 2. The Bertz CT molecular complexity index is 981. The van der Waals surface area contributed by atoms with Crippen LogP contribution in [0.5, 0.6) is 0 Å². The third-order valence-electron chi connectivity index (χ3n) is 6.27. The van der Waals surface area contributed by atoms with Crippen molar-refractivity contribution in [1.29, 1.82) is 0 Å². The number of piperidine rings is 2. The van der Waals surface area contributed by atoms with Gasteiger partial charge in [0.1, 0.15) is 11.6 Å². The molecule has 0 bridgehead atoms. The Labute approximate surface area is 181 Å². The summed E-state index contributed by atoms with van der Waals surface area (Å²) in [7, 11) is 0. The minimum absolute atomic E-state index is 0.0362. The predicted octanol–water partition coefficient (Wildman–Crippen LogP) is 4.31. The SMILES string of the molecule is Cc1ccc(C(=O)N2CCCCC2)c(C2CCN(C(=O)c3ccc(F)cc3F)CC2)n1. The number of amides is 2. The van der Waals surface area contributed by atoms with Crippen LogP contribution in [0.1, 0.15) is 70.1 Å². The van der Waals surface area contributed by atoms with E-state index in [1.165, 1.54) is 6.07 Å². The lowest BCUT2D eigenvalue weighted by molar-refractivity contribution is 0.0692. The van der Waals surface area contributed by atoms with Crippen LogP contribution in [0.4, 0.5) is 8.78 Å². The minimum atomic E-state index is -0.845. The van der Waals surface area contributed by atoms with Gasteiger partial charge in [0.05, 0.1) is 16.8 Å². The van der Waals surface area contributed by atoms with Gasteiger partial charge in [-0.15, -0.1) is 0 Å². The van der Waals surface area contributed by atoms with Crippen LogP contribution in [0.25, 0.3) is 0 Å². The first-order valence-electron chi connectivity index (χ1n) is 10.9. The molecule has 0 N–H and O–H groups in total. The predicted molar refractivity (Wildman–Crippen MR) is 113 cm³/mol. The van der Waals surface area contributed by atoms with E-state index in [-0.39, 0.29) is 17.4 Å². The molecule has 4 rings (SSSR count). The number of hydrogen-bond donors (Lipinski definition) is 0. The number of carbonyl (C=O) groups is 2. The average Bonchev–Trinajstić information content (AvgIpc) is 2.79. The Kier molecular flexibility index (Phi) is 6.30. The van der Waals surface area contributed by atoms with Crippen LogP contribution in [-0.2, 0) is 0 Å². The van der Waals surface area contributed by atoms with Gasteiger partial charge >= 0.3 is 0 Å². The molecule has 0 atom stereocenters. The van der Waals surface area contributed by atoms with E-state index < -0.39 is 17.5 Å². The number of nitrogens with zero attached hydrogens (tertiary/aromatic N) is 3. The van der Waals surface area contributed by atoms with E-state index in [9.17, 15) is 18.4 Å². The molecule has 0 aliphatic carbocycles. The molecule has 2 aromatic rings. The summed E-state index contributed by atoms with van der Waals surface area (Å²) in [6, 6.07) is 6.76. The third-order valence-corrected chi connectivity index (χ3v) is 6.27. The average molecular weight is 427 g/mol. The van der Waals surface area contributed by atoms with Crippen molar-refractivity contribution in [2.24, 2.45) is 0 Å². The molecule has 2 fully saturated rings. The molecule has 0 saturated carbocycles. The number of aryl methyl sites for hydroxylation is 1. The highest BCUT2D eigenvalue weighted by molar-refractivity contribution is 5.96. The second kappa shape index (κ2) is 9.12. The summed E-state index contributed by atoms with van der Waals surface area (Å²) in [5.41, 5.74) is 2.20. The van der Waals surface area contributed by atoms with E-state index in [1.54, 1.807) is 4.90 Å². The highest BCUT2D eigenvalue weighted by Crippen LogP contribution is 2.31. The summed E-state index contributed by atoms with van der Waals surface area (Å²) >= 11 is 0. The zero-order chi connectivity index (χ0) is 22.0. The summed E-state index contributed by atoms with van der Waals surface area (Å²) in [5, 5.41) is 0. The van der Waals surface area contributed by atoms with E-state index in [0.717, 1.165) is 55.9 Å². The fraction of sp³-hybridized carbons (Fsp3) is 0.458. The van der Waals surface area contributed by atoms with E-state index in [1.807, 2.05) is 24.0 Å². The van der Waals surface area contributed by atoms with Crippen molar-refractivity contribution in [1.82, 2.24) is 14.8 Å². The standard InChI is InChI=1S/C24H27F2N3O2/c1-16-5-7-20(24(31)28-11-3-2-4-12-28)22(27-16)17-9-13-29(14-10-17)23(30)19-8-6-18(25)15-21(19)26/h5-8,15,17H,2-4,9-14H2,1H3. The van der Waals surface area contributed by atoms with Crippen LogP contribution in [0.15, 0.2) is 30.3 Å². The van der Waals surface area contributed by atoms with E-state index in [0.29, 0.717) is 31.5 Å². The number of hydrogen-bond acceptors (Lipinski definition) is 3. The molecule has 0 radical (unpaired) electrons. The zero-order valence-corrected chi connectivity index (χ0v) is 17.7. The Morgan fingerprint density at radius 2 is 1.48 bits per heavy atom. The lowest BCUT2D eigenvalue weighted by atomic mass is 9.89. The maximum atomic E-state index is 14.0. The Balaban J connectivity index is 1.49. The third kappa shape index (κ3) is 4.60. The molecule has 1 aromatic heterocycles. The molecular weight excluding hydrogens is 400 g/mol. The molecule has 2 amide bonds. The molecule has 5 nitrogen and oxygen atoms in total. The second-order valence-electron chi connectivity index (χ2n) is 8.43. The highest BCUT2D eigenvalue weighted by Gasteiger charge is 2.30. The maximum Gasteiger partial charge on any atom is 0.256 e. The van der Waals surface area contributed by atoms with Crippen LogP contribution in [0.3, 0.4) is 0 Å². The van der Waals surface area contributed by atoms with Gasteiger partial charge in [-0.2, -0.15) is 0 Å². The first-order chi connectivity index (χ1) is 14.9. The van der Waals surface area contributed by atoms with Gasteiger partial charge in [-0.1, -0.05) is 0 Å². The quantitative estimate of drug-likeness (QED) is 0.733. The first-order valence-corrected chi connectivity index (χ1v) is 10.9. The van der Waals surface area contributed by atoms with Crippen molar-refractivity contribution >= 4 is 11.8 Å². The van der Waals surface area contributed by atoms with Crippen molar-refractivity contribution in [2.45, 2.75) is 44.9 Å². The summed E-state index contributed by atoms with van der Waals surface area (Å²) in [6.07, 6.45) is 4.50. The monoisotopic (exact) mass is 427 g/mol. The van der Waals surface area contributed by atoms with Crippen LogP contribution in [0, 0.1) is 18.6 Å². The first kappa shape index (κ1) is 21.4. The summed E-state index contributed by atoms with van der Waals surface area (Å²) < 4.78 is 27.2. The number of benzene rings is 1. The van der Waals surface area contributed by atoms with Crippen molar-refractivity contribution < 1.29 is 18.4 Å². The van der Waals surface area contributed by atoms with Crippen molar-refractivity contribution in [3.8, 4) is 0 Å². The molecule has 3 heterocycles. The Hall–Kier alpha value is -2.83. The molecule has 0 spiro atoms. The largest absolute Gasteiger partial charge is 0.339 e. The second-order valence-corrected chi connectivity index (χ2v) is 8.43. The van der Waals surface area contributed by atoms with Gasteiger partial charge in [0.15, 0.2) is 0 Å². The van der Waals surface area contributed by atoms with Gasteiger partial charge in [0.2, 0.25) is 0 Å². The summed E-state index contributed by atoms with van der Waals surface area (Å²) in [4.78, 5) is 34.1. The zero-order valence-electron chi connectivity index (χ0n) is 17.7. The van der Waals surface area contributed by atoms with Gasteiger partial charge < -0.3 is 9.80 Å². The number of carbonyl (C=O) groups excluding carboxylic acids is 2. The van der Waals surface area contributed by atoms with E-state index in [4.69, 9.17) is 4.98 Å². The molecular formula is C24H27F2N3O2. The van der Waals surface area contributed by atoms with Crippen molar-refractivity contribution in [3.05, 3.63) is 64.5 Å².